The van der Waals surface area contributed by atoms with Gasteiger partial charge in [0, 0.05) is 12.8 Å². The van der Waals surface area contributed by atoms with Gasteiger partial charge in [-0.05, 0) is 51.4 Å². The number of esters is 2. The lowest BCUT2D eigenvalue weighted by Crippen LogP contribution is -2.37. The summed E-state index contributed by atoms with van der Waals surface area (Å²) in [5.74, 6) is -0.795. The average Bonchev–Trinajstić information content (AvgIpc) is 3.61. The number of rotatable bonds is 69. The molecule has 0 saturated heterocycles. The molecule has 0 radical (unpaired) electrons. The zero-order chi connectivity index (χ0) is 61.2. The standard InChI is InChI=1S/C74H142NO8P/c1-6-8-10-12-14-16-18-20-22-24-26-28-29-30-31-32-33-34-35-36-37-38-39-40-41-42-43-44-45-47-48-50-52-54-56-58-60-62-64-66-73(76)80-70-72(71-82-84(78,79)81-69-68-75(3,4)5)83-74(77)67-65-63-61-59-57-55-53-51-49-46-27-25-23-21-19-17-15-13-11-9-7-2/h19,21,25,27,49,51,72H,6-18,20,22-24,26,28-48,50,52-71H2,1-5H3/p+1/b21-19-,27-25-,51-49-. The number of ether oxygens (including phenoxy) is 2. The van der Waals surface area contributed by atoms with Gasteiger partial charge in [0.05, 0.1) is 27.7 Å². The van der Waals surface area contributed by atoms with Crippen molar-refractivity contribution < 1.29 is 42.1 Å². The Balaban J connectivity index is 3.90. The zero-order valence-corrected chi connectivity index (χ0v) is 57.6. The maximum atomic E-state index is 12.8. The lowest BCUT2D eigenvalue weighted by atomic mass is 10.0. The van der Waals surface area contributed by atoms with Gasteiger partial charge in [-0.2, -0.15) is 0 Å². The van der Waals surface area contributed by atoms with E-state index >= 15 is 0 Å². The van der Waals surface area contributed by atoms with Gasteiger partial charge in [-0.15, -0.1) is 0 Å². The maximum absolute atomic E-state index is 12.8. The number of unbranched alkanes of at least 4 members (excludes halogenated alkanes) is 49. The minimum atomic E-state index is -4.39. The number of quaternary nitrogens is 1. The summed E-state index contributed by atoms with van der Waals surface area (Å²) in [6, 6.07) is 0. The van der Waals surface area contributed by atoms with Gasteiger partial charge in [0.25, 0.3) is 0 Å². The summed E-state index contributed by atoms with van der Waals surface area (Å²) in [7, 11) is 1.48. The van der Waals surface area contributed by atoms with Crippen molar-refractivity contribution in [3.63, 3.8) is 0 Å². The molecule has 0 spiro atoms. The molecular formula is C74H143NO8P+. The molecular weight excluding hydrogens is 1060 g/mol. The first-order chi connectivity index (χ1) is 41.0. The number of phosphoric ester groups is 1. The number of phosphoric acid groups is 1. The lowest BCUT2D eigenvalue weighted by molar-refractivity contribution is -0.870. The van der Waals surface area contributed by atoms with Crippen LogP contribution in [0.4, 0.5) is 0 Å². The summed E-state index contributed by atoms with van der Waals surface area (Å²) in [6.07, 6.45) is 84.3. The number of hydrogen-bond acceptors (Lipinski definition) is 7. The van der Waals surface area contributed by atoms with E-state index in [1.54, 1.807) is 0 Å². The van der Waals surface area contributed by atoms with Crippen LogP contribution in [-0.2, 0) is 32.7 Å². The first-order valence-electron chi connectivity index (χ1n) is 36.7. The highest BCUT2D eigenvalue weighted by Crippen LogP contribution is 2.43. The molecule has 496 valence electrons. The average molecular weight is 1210 g/mol. The highest BCUT2D eigenvalue weighted by Gasteiger charge is 2.27. The molecule has 10 heteroatoms. The van der Waals surface area contributed by atoms with E-state index in [-0.39, 0.29) is 25.6 Å². The van der Waals surface area contributed by atoms with Gasteiger partial charge in [-0.3, -0.25) is 18.6 Å². The Labute approximate surface area is 522 Å². The normalized spacial score (nSPS) is 13.3. The van der Waals surface area contributed by atoms with Crippen LogP contribution in [0.3, 0.4) is 0 Å². The number of likely N-dealkylation sites (N-methyl/N-ethyl adjacent to an activating group) is 1. The molecule has 0 amide bonds. The summed E-state index contributed by atoms with van der Waals surface area (Å²) in [5, 5.41) is 0. The molecule has 1 N–H and O–H groups in total. The van der Waals surface area contributed by atoms with Crippen molar-refractivity contribution >= 4 is 19.8 Å². The van der Waals surface area contributed by atoms with Crippen LogP contribution in [0.2, 0.25) is 0 Å². The van der Waals surface area contributed by atoms with Crippen molar-refractivity contribution in [1.29, 1.82) is 0 Å². The van der Waals surface area contributed by atoms with E-state index in [1.807, 2.05) is 21.1 Å². The Bertz CT molecular complexity index is 1510. The van der Waals surface area contributed by atoms with Gasteiger partial charge in [0.15, 0.2) is 6.10 Å². The van der Waals surface area contributed by atoms with Gasteiger partial charge in [-0.1, -0.05) is 346 Å². The number of allylic oxidation sites excluding steroid dienone is 6. The Morgan fingerprint density at radius 1 is 0.369 bits per heavy atom. The summed E-state index contributed by atoms with van der Waals surface area (Å²) in [4.78, 5) is 35.8. The predicted molar refractivity (Wildman–Crippen MR) is 363 cm³/mol. The summed E-state index contributed by atoms with van der Waals surface area (Å²) in [6.45, 7) is 4.47. The zero-order valence-electron chi connectivity index (χ0n) is 56.7. The molecule has 0 aliphatic heterocycles. The van der Waals surface area contributed by atoms with Crippen LogP contribution < -0.4 is 0 Å². The van der Waals surface area contributed by atoms with Crippen LogP contribution in [0.25, 0.3) is 0 Å². The molecule has 2 atom stereocenters. The summed E-state index contributed by atoms with van der Waals surface area (Å²) < 4.78 is 34.7. The highest BCUT2D eigenvalue weighted by atomic mass is 31.2. The van der Waals surface area contributed by atoms with Crippen LogP contribution in [-0.4, -0.2) is 74.9 Å². The van der Waals surface area contributed by atoms with Crippen LogP contribution in [0, 0.1) is 0 Å². The molecule has 0 fully saturated rings. The van der Waals surface area contributed by atoms with E-state index < -0.39 is 26.5 Å². The van der Waals surface area contributed by atoms with Gasteiger partial charge in [-0.25, -0.2) is 4.57 Å². The van der Waals surface area contributed by atoms with Gasteiger partial charge >= 0.3 is 19.8 Å². The van der Waals surface area contributed by atoms with E-state index in [9.17, 15) is 19.0 Å². The van der Waals surface area contributed by atoms with Gasteiger partial charge in [0.2, 0.25) is 0 Å². The van der Waals surface area contributed by atoms with Crippen molar-refractivity contribution in [3.05, 3.63) is 36.5 Å². The first kappa shape index (κ1) is 82.2. The monoisotopic (exact) mass is 1210 g/mol. The molecule has 0 heterocycles. The van der Waals surface area contributed by atoms with Crippen LogP contribution in [0.1, 0.15) is 373 Å². The number of carbonyl (C=O) groups is 2. The van der Waals surface area contributed by atoms with E-state index in [0.717, 1.165) is 70.6 Å². The second kappa shape index (κ2) is 65.7. The molecule has 0 aromatic rings. The smallest absolute Gasteiger partial charge is 0.462 e. The molecule has 0 aromatic carbocycles. The van der Waals surface area contributed by atoms with Crippen molar-refractivity contribution in [3.8, 4) is 0 Å². The minimum absolute atomic E-state index is 0.0302. The van der Waals surface area contributed by atoms with E-state index in [4.69, 9.17) is 18.5 Å². The highest BCUT2D eigenvalue weighted by molar-refractivity contribution is 7.47. The van der Waals surface area contributed by atoms with Gasteiger partial charge < -0.3 is 18.9 Å². The van der Waals surface area contributed by atoms with Crippen molar-refractivity contribution in [2.75, 3.05) is 47.5 Å². The Kier molecular flexibility index (Phi) is 64.3. The second-order valence-electron chi connectivity index (χ2n) is 26.3. The molecule has 9 nitrogen and oxygen atoms in total. The summed E-state index contributed by atoms with van der Waals surface area (Å²) in [5.41, 5.74) is 0. The molecule has 84 heavy (non-hydrogen) atoms. The van der Waals surface area contributed by atoms with Crippen LogP contribution >= 0.6 is 7.82 Å². The Hall–Kier alpha value is -1.77. The maximum Gasteiger partial charge on any atom is 0.472 e. The molecule has 2 unspecified atom stereocenters. The fraction of sp³-hybridized carbons (Fsp3) is 0.892. The molecule has 0 bridgehead atoms. The molecule has 0 aromatic heterocycles. The molecule has 0 rings (SSSR count). The molecule has 0 aliphatic rings. The first-order valence-corrected chi connectivity index (χ1v) is 38.2. The van der Waals surface area contributed by atoms with E-state index in [0.29, 0.717) is 23.9 Å². The fourth-order valence-electron chi connectivity index (χ4n) is 11.0. The quantitative estimate of drug-likeness (QED) is 0.0211. The van der Waals surface area contributed by atoms with Crippen molar-refractivity contribution in [2.45, 2.75) is 380 Å². The second-order valence-corrected chi connectivity index (χ2v) is 27.8. The number of carbonyl (C=O) groups excluding carboxylic acids is 2. The third-order valence-corrected chi connectivity index (χ3v) is 17.7. The van der Waals surface area contributed by atoms with E-state index in [1.165, 1.54) is 270 Å². The fourth-order valence-corrected chi connectivity index (χ4v) is 11.8. The Morgan fingerprint density at radius 3 is 0.952 bits per heavy atom. The minimum Gasteiger partial charge on any atom is -0.462 e. The predicted octanol–water partition coefficient (Wildman–Crippen LogP) is 23.8. The van der Waals surface area contributed by atoms with Gasteiger partial charge in [0.1, 0.15) is 19.8 Å². The molecule has 0 saturated carbocycles. The Morgan fingerprint density at radius 2 is 0.643 bits per heavy atom. The topological polar surface area (TPSA) is 108 Å². The molecule has 0 aliphatic carbocycles. The third-order valence-electron chi connectivity index (χ3n) is 16.7. The van der Waals surface area contributed by atoms with E-state index in [2.05, 4.69) is 50.3 Å². The number of hydrogen-bond donors (Lipinski definition) is 1. The SMILES string of the molecule is CCCCCCC/C=C\C/C=C\C/C=C\CCCCCCCCC(=O)OC(COC(=O)CCCCCCCCCCCCCCCCCCCCCCCCCCCCCCCCCCCCCCCCC)COP(=O)(O)OCC[N+](C)(C)C. The van der Waals surface area contributed by atoms with Crippen molar-refractivity contribution in [1.82, 2.24) is 0 Å². The lowest BCUT2D eigenvalue weighted by Gasteiger charge is -2.24. The largest absolute Gasteiger partial charge is 0.472 e. The third kappa shape index (κ3) is 69.3. The summed E-state index contributed by atoms with van der Waals surface area (Å²) >= 11 is 0. The van der Waals surface area contributed by atoms with Crippen molar-refractivity contribution in [2.24, 2.45) is 0 Å². The van der Waals surface area contributed by atoms with Crippen LogP contribution in [0.5, 0.6) is 0 Å². The van der Waals surface area contributed by atoms with Crippen LogP contribution in [0.15, 0.2) is 36.5 Å². The number of nitrogens with zero attached hydrogens (tertiary/aromatic N) is 1.